The molecule has 0 amide bonds. The summed E-state index contributed by atoms with van der Waals surface area (Å²) in [4.78, 5) is 18.1. The maximum absolute atomic E-state index is 12.8. The minimum atomic E-state index is 0.0784. The molecule has 3 aromatic rings. The van der Waals surface area contributed by atoms with E-state index in [1.165, 1.54) is 11.1 Å². The molecule has 2 aromatic heterocycles. The van der Waals surface area contributed by atoms with E-state index in [0.717, 1.165) is 40.7 Å². The lowest BCUT2D eigenvalue weighted by Gasteiger charge is -2.07. The van der Waals surface area contributed by atoms with Gasteiger partial charge in [0.15, 0.2) is 0 Å². The summed E-state index contributed by atoms with van der Waals surface area (Å²) in [5.74, 6) is 0. The summed E-state index contributed by atoms with van der Waals surface area (Å²) in [6.45, 7) is 7.04. The van der Waals surface area contributed by atoms with Crippen molar-refractivity contribution in [2.24, 2.45) is 0 Å². The molecule has 0 atom stereocenters. The summed E-state index contributed by atoms with van der Waals surface area (Å²) in [6, 6.07) is 6.36. The third-order valence-corrected chi connectivity index (χ3v) is 4.87. The van der Waals surface area contributed by atoms with Gasteiger partial charge < -0.3 is 0 Å². The van der Waals surface area contributed by atoms with E-state index in [2.05, 4.69) is 49.3 Å². The predicted octanol–water partition coefficient (Wildman–Crippen LogP) is 4.54. The average molecular weight is 312 g/mol. The maximum Gasteiger partial charge on any atom is 0.262 e. The summed E-state index contributed by atoms with van der Waals surface area (Å²) in [5.41, 5.74) is 4.65. The summed E-state index contributed by atoms with van der Waals surface area (Å²) >= 11 is 1.54. The molecule has 0 spiro atoms. The Morgan fingerprint density at radius 3 is 2.77 bits per heavy atom. The number of hydrogen-bond acceptors (Lipinski definition) is 3. The van der Waals surface area contributed by atoms with Crippen LogP contribution in [0.5, 0.6) is 0 Å². The molecule has 0 aliphatic carbocycles. The number of rotatable bonds is 4. The number of nitrogens with zero attached hydrogens (tertiary/aromatic N) is 2. The lowest BCUT2D eigenvalue weighted by molar-refractivity contribution is 0.609. The van der Waals surface area contributed by atoms with Crippen LogP contribution in [0.1, 0.15) is 30.9 Å². The van der Waals surface area contributed by atoms with E-state index in [0.29, 0.717) is 0 Å². The number of benzene rings is 1. The van der Waals surface area contributed by atoms with Crippen molar-refractivity contribution in [1.82, 2.24) is 9.55 Å². The van der Waals surface area contributed by atoms with E-state index in [9.17, 15) is 4.79 Å². The average Bonchev–Trinajstić information content (AvgIpc) is 2.91. The molecule has 114 valence electrons. The molecule has 2 heterocycles. The molecule has 3 nitrogen and oxygen atoms in total. The Bertz CT molecular complexity index is 876. The second-order valence-electron chi connectivity index (χ2n) is 5.74. The zero-order chi connectivity index (χ0) is 15.7. The van der Waals surface area contributed by atoms with Crippen LogP contribution in [0.4, 0.5) is 0 Å². The standard InChI is InChI=1S/C18H20N2OS/c1-4-5-8-20-11-19-17-16(18(20)21)15(10-22-17)14-7-6-12(2)9-13(14)3/h6-7,9-11H,4-5,8H2,1-3H3. The fourth-order valence-electron chi connectivity index (χ4n) is 2.77. The predicted molar refractivity (Wildman–Crippen MR) is 93.7 cm³/mol. The fraction of sp³-hybridized carbons (Fsp3) is 0.333. The summed E-state index contributed by atoms with van der Waals surface area (Å²) < 4.78 is 1.74. The number of hydrogen-bond donors (Lipinski definition) is 0. The molecular weight excluding hydrogens is 292 g/mol. The molecule has 0 unspecified atom stereocenters. The molecule has 0 saturated carbocycles. The summed E-state index contributed by atoms with van der Waals surface area (Å²) in [6.07, 6.45) is 3.75. The van der Waals surface area contributed by atoms with Crippen LogP contribution in [-0.4, -0.2) is 9.55 Å². The van der Waals surface area contributed by atoms with Gasteiger partial charge in [0, 0.05) is 17.5 Å². The van der Waals surface area contributed by atoms with Crippen molar-refractivity contribution >= 4 is 21.6 Å². The number of aryl methyl sites for hydroxylation is 3. The molecule has 0 saturated heterocycles. The van der Waals surface area contributed by atoms with Gasteiger partial charge in [-0.05, 0) is 31.4 Å². The first-order chi connectivity index (χ1) is 10.6. The van der Waals surface area contributed by atoms with E-state index in [1.807, 2.05) is 0 Å². The first-order valence-electron chi connectivity index (χ1n) is 7.66. The molecule has 3 rings (SSSR count). The van der Waals surface area contributed by atoms with Gasteiger partial charge in [-0.3, -0.25) is 9.36 Å². The monoisotopic (exact) mass is 312 g/mol. The van der Waals surface area contributed by atoms with Gasteiger partial charge in [-0.15, -0.1) is 11.3 Å². The lowest BCUT2D eigenvalue weighted by Crippen LogP contribution is -2.20. The van der Waals surface area contributed by atoms with Crippen molar-refractivity contribution in [3.8, 4) is 11.1 Å². The SMILES string of the molecule is CCCCn1cnc2scc(-c3ccc(C)cc3C)c2c1=O. The highest BCUT2D eigenvalue weighted by atomic mass is 32.1. The van der Waals surface area contributed by atoms with Crippen LogP contribution in [0.25, 0.3) is 21.3 Å². The van der Waals surface area contributed by atoms with Crippen LogP contribution in [0.3, 0.4) is 0 Å². The van der Waals surface area contributed by atoms with Gasteiger partial charge in [0.2, 0.25) is 0 Å². The Hall–Kier alpha value is -1.94. The van der Waals surface area contributed by atoms with E-state index in [1.54, 1.807) is 22.2 Å². The molecule has 0 N–H and O–H groups in total. The highest BCUT2D eigenvalue weighted by Crippen LogP contribution is 2.32. The smallest absolute Gasteiger partial charge is 0.262 e. The Labute approximate surface area is 134 Å². The van der Waals surface area contributed by atoms with Crippen LogP contribution in [0.2, 0.25) is 0 Å². The number of fused-ring (bicyclic) bond motifs is 1. The summed E-state index contributed by atoms with van der Waals surface area (Å²) in [7, 11) is 0. The van der Waals surface area contributed by atoms with Crippen LogP contribution < -0.4 is 5.56 Å². The van der Waals surface area contributed by atoms with Crippen molar-refractivity contribution in [2.75, 3.05) is 0 Å². The molecule has 1 aromatic carbocycles. The van der Waals surface area contributed by atoms with Crippen molar-refractivity contribution in [3.05, 3.63) is 51.4 Å². The molecule has 22 heavy (non-hydrogen) atoms. The van der Waals surface area contributed by atoms with Crippen LogP contribution in [0, 0.1) is 13.8 Å². The first kappa shape index (κ1) is 15.0. The van der Waals surface area contributed by atoms with Crippen molar-refractivity contribution < 1.29 is 0 Å². The van der Waals surface area contributed by atoms with Crippen LogP contribution in [0.15, 0.2) is 34.7 Å². The highest BCUT2D eigenvalue weighted by molar-refractivity contribution is 7.17. The molecule has 0 aliphatic heterocycles. The molecule has 0 bridgehead atoms. The molecule has 4 heteroatoms. The molecular formula is C18H20N2OS. The molecule has 0 fully saturated rings. The van der Waals surface area contributed by atoms with E-state index in [4.69, 9.17) is 0 Å². The van der Waals surface area contributed by atoms with E-state index >= 15 is 0 Å². The molecule has 0 aliphatic rings. The van der Waals surface area contributed by atoms with Crippen molar-refractivity contribution in [1.29, 1.82) is 0 Å². The topological polar surface area (TPSA) is 34.9 Å². The van der Waals surface area contributed by atoms with E-state index in [-0.39, 0.29) is 5.56 Å². The van der Waals surface area contributed by atoms with Crippen molar-refractivity contribution in [3.63, 3.8) is 0 Å². The second kappa shape index (κ2) is 6.05. The largest absolute Gasteiger partial charge is 0.299 e. The Morgan fingerprint density at radius 2 is 2.05 bits per heavy atom. The van der Waals surface area contributed by atoms with Gasteiger partial charge in [-0.2, -0.15) is 0 Å². The van der Waals surface area contributed by atoms with Crippen molar-refractivity contribution in [2.45, 2.75) is 40.2 Å². The van der Waals surface area contributed by atoms with E-state index < -0.39 is 0 Å². The first-order valence-corrected chi connectivity index (χ1v) is 8.54. The third kappa shape index (κ3) is 2.59. The van der Waals surface area contributed by atoms with Gasteiger partial charge in [0.1, 0.15) is 4.83 Å². The number of unbranched alkanes of at least 4 members (excludes halogenated alkanes) is 1. The summed E-state index contributed by atoms with van der Waals surface area (Å²) in [5, 5.41) is 2.82. The minimum absolute atomic E-state index is 0.0784. The van der Waals surface area contributed by atoms with Crippen LogP contribution >= 0.6 is 11.3 Å². The third-order valence-electron chi connectivity index (χ3n) is 3.99. The van der Waals surface area contributed by atoms with Gasteiger partial charge in [-0.1, -0.05) is 37.1 Å². The van der Waals surface area contributed by atoms with Gasteiger partial charge in [0.25, 0.3) is 5.56 Å². The molecule has 0 radical (unpaired) electrons. The minimum Gasteiger partial charge on any atom is -0.299 e. The second-order valence-corrected chi connectivity index (χ2v) is 6.60. The quantitative estimate of drug-likeness (QED) is 0.709. The normalized spacial score (nSPS) is 11.2. The van der Waals surface area contributed by atoms with Gasteiger partial charge >= 0.3 is 0 Å². The maximum atomic E-state index is 12.8. The lowest BCUT2D eigenvalue weighted by atomic mass is 9.99. The zero-order valence-corrected chi connectivity index (χ0v) is 14.0. The highest BCUT2D eigenvalue weighted by Gasteiger charge is 2.14. The number of aromatic nitrogens is 2. The Morgan fingerprint density at radius 1 is 1.23 bits per heavy atom. The Balaban J connectivity index is 2.20. The van der Waals surface area contributed by atoms with Gasteiger partial charge in [-0.25, -0.2) is 4.98 Å². The van der Waals surface area contributed by atoms with Gasteiger partial charge in [0.05, 0.1) is 11.7 Å². The zero-order valence-electron chi connectivity index (χ0n) is 13.2. The fourth-order valence-corrected chi connectivity index (χ4v) is 3.67. The Kier molecular flexibility index (Phi) is 4.12. The number of thiophene rings is 1. The van der Waals surface area contributed by atoms with Crippen LogP contribution in [-0.2, 0) is 6.54 Å².